The molecule has 2 heterocycles. The zero-order valence-electron chi connectivity index (χ0n) is 18.3. The van der Waals surface area contributed by atoms with Gasteiger partial charge in [0.05, 0.1) is 0 Å². The van der Waals surface area contributed by atoms with Gasteiger partial charge in [-0.15, -0.1) is 0 Å². The molecule has 0 saturated heterocycles. The minimum absolute atomic E-state index is 0.0358. The van der Waals surface area contributed by atoms with Crippen LogP contribution in [0.3, 0.4) is 0 Å². The van der Waals surface area contributed by atoms with Crippen LogP contribution >= 0.6 is 11.6 Å². The first-order chi connectivity index (χ1) is 15.9. The molecule has 0 N–H and O–H groups in total. The van der Waals surface area contributed by atoms with Crippen molar-refractivity contribution in [3.63, 3.8) is 0 Å². The normalized spacial score (nSPS) is 15.3. The predicted molar refractivity (Wildman–Crippen MR) is 127 cm³/mol. The molecule has 2 aromatic carbocycles. The van der Waals surface area contributed by atoms with Crippen LogP contribution in [0.2, 0.25) is 5.02 Å². The molecule has 0 unspecified atom stereocenters. The molecule has 0 aliphatic carbocycles. The average molecular weight is 457 g/mol. The fourth-order valence-corrected chi connectivity index (χ4v) is 3.98. The summed E-state index contributed by atoms with van der Waals surface area (Å²) >= 11 is 6.23. The molecule has 1 aromatic heterocycles. The molecular weight excluding hydrogens is 436 g/mol. The molecule has 33 heavy (non-hydrogen) atoms. The number of rotatable bonds is 5. The Bertz CT molecular complexity index is 1340. The number of benzene rings is 2. The van der Waals surface area contributed by atoms with Crippen molar-refractivity contribution in [1.29, 1.82) is 5.26 Å². The second-order valence-electron chi connectivity index (χ2n) is 7.78. The van der Waals surface area contributed by atoms with Crippen LogP contribution in [0.1, 0.15) is 23.8 Å². The minimum atomic E-state index is -0.567. The van der Waals surface area contributed by atoms with Gasteiger partial charge in [-0.3, -0.25) is 14.5 Å². The second-order valence-corrected chi connectivity index (χ2v) is 8.19. The summed E-state index contributed by atoms with van der Waals surface area (Å²) in [5.74, 6) is 0.0538. The number of nitrogens with zero attached hydrogens (tertiary/aromatic N) is 2. The molecule has 0 radical (unpaired) electrons. The maximum Gasteiger partial charge on any atom is 0.271 e. The first kappa shape index (κ1) is 22.3. The quantitative estimate of drug-likeness (QED) is 0.362. The van der Waals surface area contributed by atoms with Crippen LogP contribution in [0.25, 0.3) is 17.4 Å². The van der Waals surface area contributed by atoms with E-state index in [1.165, 1.54) is 0 Å². The number of carbonyl (C=O) groups excluding carboxylic acids is 2. The first-order valence-electron chi connectivity index (χ1n) is 10.5. The molecule has 6 heteroatoms. The summed E-state index contributed by atoms with van der Waals surface area (Å²) in [4.78, 5) is 27.2. The summed E-state index contributed by atoms with van der Waals surface area (Å²) in [7, 11) is 0. The molecule has 0 atom stereocenters. The minimum Gasteiger partial charge on any atom is -0.457 e. The summed E-state index contributed by atoms with van der Waals surface area (Å²) in [6.07, 6.45) is 2.09. The molecular formula is C27H21ClN2O3. The van der Waals surface area contributed by atoms with Crippen molar-refractivity contribution in [2.45, 2.75) is 20.3 Å². The number of imide groups is 1. The molecule has 0 saturated carbocycles. The molecule has 0 fully saturated rings. The lowest BCUT2D eigenvalue weighted by molar-refractivity contribution is -0.140. The summed E-state index contributed by atoms with van der Waals surface area (Å²) in [6, 6.07) is 20.7. The molecule has 3 aromatic rings. The number of nitriles is 1. The van der Waals surface area contributed by atoms with Gasteiger partial charge in [0.2, 0.25) is 0 Å². The SMILES string of the molecule is CC1=C(C#N)C(=O)N(CCc2ccccc2)C(=O)/C1=C/c1ccc(-c2cccc(Cl)c2C)o1. The standard InChI is InChI=1S/C27H21ClN2O3/c1-17-22(15-20-11-12-25(33-20)21-9-6-10-24(28)18(21)2)26(31)30(27(32)23(17)16-29)14-13-19-7-4-3-5-8-19/h3-12,15H,13-14H2,1-2H3/b22-15+. The van der Waals surface area contributed by atoms with Gasteiger partial charge in [-0.05, 0) is 61.2 Å². The zero-order valence-corrected chi connectivity index (χ0v) is 19.0. The van der Waals surface area contributed by atoms with E-state index in [4.69, 9.17) is 16.0 Å². The highest BCUT2D eigenvalue weighted by Crippen LogP contribution is 2.32. The third kappa shape index (κ3) is 4.39. The second kappa shape index (κ2) is 9.32. The third-order valence-corrected chi connectivity index (χ3v) is 6.15. The Hall–Kier alpha value is -3.88. The highest BCUT2D eigenvalue weighted by Gasteiger charge is 2.35. The monoisotopic (exact) mass is 456 g/mol. The Balaban J connectivity index is 1.67. The molecule has 1 aliphatic rings. The number of carbonyl (C=O) groups is 2. The third-order valence-electron chi connectivity index (χ3n) is 5.74. The Kier molecular flexibility index (Phi) is 6.30. The molecule has 0 bridgehead atoms. The first-order valence-corrected chi connectivity index (χ1v) is 10.9. The van der Waals surface area contributed by atoms with E-state index < -0.39 is 11.8 Å². The molecule has 164 valence electrons. The number of amides is 2. The van der Waals surface area contributed by atoms with E-state index in [0.717, 1.165) is 21.6 Å². The predicted octanol–water partition coefficient (Wildman–Crippen LogP) is 5.74. The Morgan fingerprint density at radius 3 is 2.48 bits per heavy atom. The Morgan fingerprint density at radius 1 is 1.00 bits per heavy atom. The summed E-state index contributed by atoms with van der Waals surface area (Å²) in [5.41, 5.74) is 3.32. The van der Waals surface area contributed by atoms with Gasteiger partial charge in [-0.25, -0.2) is 0 Å². The van der Waals surface area contributed by atoms with Crippen LogP contribution in [-0.4, -0.2) is 23.3 Å². The number of hydrogen-bond donors (Lipinski definition) is 0. The molecule has 5 nitrogen and oxygen atoms in total. The summed E-state index contributed by atoms with van der Waals surface area (Å²) < 4.78 is 5.97. The van der Waals surface area contributed by atoms with E-state index in [-0.39, 0.29) is 17.7 Å². The van der Waals surface area contributed by atoms with Gasteiger partial charge in [-0.1, -0.05) is 54.1 Å². The van der Waals surface area contributed by atoms with Crippen molar-refractivity contribution in [2.24, 2.45) is 0 Å². The number of hydrogen-bond acceptors (Lipinski definition) is 4. The van der Waals surface area contributed by atoms with Gasteiger partial charge in [-0.2, -0.15) is 5.26 Å². The van der Waals surface area contributed by atoms with E-state index in [0.29, 0.717) is 28.5 Å². The largest absolute Gasteiger partial charge is 0.457 e. The van der Waals surface area contributed by atoms with Crippen LogP contribution < -0.4 is 0 Å². The lowest BCUT2D eigenvalue weighted by Gasteiger charge is -2.27. The van der Waals surface area contributed by atoms with Crippen LogP contribution in [0.5, 0.6) is 0 Å². The van der Waals surface area contributed by atoms with Crippen molar-refractivity contribution in [3.8, 4) is 17.4 Å². The number of halogens is 1. The van der Waals surface area contributed by atoms with Crippen molar-refractivity contribution in [2.75, 3.05) is 6.54 Å². The van der Waals surface area contributed by atoms with Crippen molar-refractivity contribution in [1.82, 2.24) is 4.90 Å². The van der Waals surface area contributed by atoms with Gasteiger partial charge in [0, 0.05) is 22.7 Å². The van der Waals surface area contributed by atoms with Gasteiger partial charge < -0.3 is 4.42 Å². The molecule has 1 aliphatic heterocycles. The lowest BCUT2D eigenvalue weighted by Crippen LogP contribution is -2.43. The fourth-order valence-electron chi connectivity index (χ4n) is 3.81. The maximum atomic E-state index is 13.2. The van der Waals surface area contributed by atoms with Gasteiger partial charge in [0.15, 0.2) is 0 Å². The summed E-state index contributed by atoms with van der Waals surface area (Å²) in [6.45, 7) is 3.70. The highest BCUT2D eigenvalue weighted by molar-refractivity contribution is 6.31. The Morgan fingerprint density at radius 2 is 1.76 bits per heavy atom. The average Bonchev–Trinajstić information content (AvgIpc) is 3.28. The molecule has 4 rings (SSSR count). The van der Waals surface area contributed by atoms with Crippen LogP contribution in [-0.2, 0) is 16.0 Å². The van der Waals surface area contributed by atoms with Gasteiger partial charge in [0.1, 0.15) is 23.2 Å². The zero-order chi connectivity index (χ0) is 23.5. The van der Waals surface area contributed by atoms with E-state index >= 15 is 0 Å². The van der Waals surface area contributed by atoms with Crippen LogP contribution in [0.4, 0.5) is 0 Å². The van der Waals surface area contributed by atoms with Gasteiger partial charge in [0.25, 0.3) is 11.8 Å². The topological polar surface area (TPSA) is 74.3 Å². The fraction of sp³-hybridized carbons (Fsp3) is 0.148. The van der Waals surface area contributed by atoms with Crippen molar-refractivity contribution >= 4 is 29.5 Å². The van der Waals surface area contributed by atoms with E-state index in [9.17, 15) is 14.9 Å². The number of furan rings is 1. The maximum absolute atomic E-state index is 13.2. The van der Waals surface area contributed by atoms with Crippen molar-refractivity contribution < 1.29 is 14.0 Å². The molecule has 0 spiro atoms. The van der Waals surface area contributed by atoms with E-state index in [1.54, 1.807) is 25.1 Å². The highest BCUT2D eigenvalue weighted by atomic mass is 35.5. The van der Waals surface area contributed by atoms with Gasteiger partial charge >= 0.3 is 0 Å². The van der Waals surface area contributed by atoms with Crippen molar-refractivity contribution in [3.05, 3.63) is 99.3 Å². The lowest BCUT2D eigenvalue weighted by atomic mass is 9.94. The Labute approximate surface area is 197 Å². The summed E-state index contributed by atoms with van der Waals surface area (Å²) in [5, 5.41) is 10.2. The molecule has 2 amide bonds. The van der Waals surface area contributed by atoms with E-state index in [1.807, 2.05) is 61.5 Å². The van der Waals surface area contributed by atoms with E-state index in [2.05, 4.69) is 0 Å². The van der Waals surface area contributed by atoms with Crippen LogP contribution in [0.15, 0.2) is 81.8 Å². The smallest absolute Gasteiger partial charge is 0.271 e. The van der Waals surface area contributed by atoms with Crippen LogP contribution in [0, 0.1) is 18.3 Å².